The molecule has 1 N–H and O–H groups in total. The second-order valence-corrected chi connectivity index (χ2v) is 5.21. The predicted octanol–water partition coefficient (Wildman–Crippen LogP) is 3.83. The maximum Gasteiger partial charge on any atom is 0.142 e. The quantitative estimate of drug-likeness (QED) is 0.903. The highest BCUT2D eigenvalue weighted by molar-refractivity contribution is 7.07. The predicted molar refractivity (Wildman–Crippen MR) is 73.6 cm³/mol. The van der Waals surface area contributed by atoms with Gasteiger partial charge in [-0.3, -0.25) is 0 Å². The maximum atomic E-state index is 13.3. The summed E-state index contributed by atoms with van der Waals surface area (Å²) < 4.78 is 13.3. The molecule has 5 heteroatoms. The van der Waals surface area contributed by atoms with E-state index in [1.54, 1.807) is 17.4 Å². The van der Waals surface area contributed by atoms with E-state index in [2.05, 4.69) is 10.3 Å². The number of hydrogen-bond acceptors (Lipinski definition) is 3. The Hall–Kier alpha value is -0.970. The van der Waals surface area contributed by atoms with E-state index in [1.807, 2.05) is 23.9 Å². The van der Waals surface area contributed by atoms with Crippen LogP contribution in [0.5, 0.6) is 0 Å². The van der Waals surface area contributed by atoms with Crippen molar-refractivity contribution >= 4 is 22.9 Å². The van der Waals surface area contributed by atoms with Crippen LogP contribution in [0.1, 0.15) is 24.2 Å². The van der Waals surface area contributed by atoms with Crippen molar-refractivity contribution in [2.45, 2.75) is 19.4 Å². The fourth-order valence-corrected chi connectivity index (χ4v) is 2.39. The number of benzene rings is 1. The second kappa shape index (κ2) is 6.27. The molecule has 0 bridgehead atoms. The number of thiazole rings is 1. The molecule has 0 aliphatic carbocycles. The molecule has 0 fully saturated rings. The molecule has 2 rings (SSSR count). The molecule has 0 aliphatic heterocycles. The van der Waals surface area contributed by atoms with Gasteiger partial charge in [0.05, 0.1) is 16.2 Å². The summed E-state index contributed by atoms with van der Waals surface area (Å²) in [6.45, 7) is 2.82. The average molecular weight is 285 g/mol. The molecule has 0 saturated heterocycles. The lowest BCUT2D eigenvalue weighted by Crippen LogP contribution is -2.21. The third-order valence-corrected chi connectivity index (χ3v) is 3.70. The summed E-state index contributed by atoms with van der Waals surface area (Å²) in [6, 6.07) is 5.00. The second-order valence-electron chi connectivity index (χ2n) is 4.08. The van der Waals surface area contributed by atoms with Gasteiger partial charge in [-0.05, 0) is 24.6 Å². The molecule has 0 amide bonds. The number of aromatic nitrogens is 1. The molecular weight excluding hydrogens is 271 g/mol. The van der Waals surface area contributed by atoms with Gasteiger partial charge in [0.25, 0.3) is 0 Å². The molecule has 2 nitrogen and oxygen atoms in total. The van der Waals surface area contributed by atoms with Gasteiger partial charge in [0.15, 0.2) is 0 Å². The molecule has 0 aliphatic rings. The zero-order valence-electron chi connectivity index (χ0n) is 9.99. The van der Waals surface area contributed by atoms with Gasteiger partial charge in [-0.15, -0.1) is 11.3 Å². The zero-order chi connectivity index (χ0) is 13.0. The molecule has 18 heavy (non-hydrogen) atoms. The lowest BCUT2D eigenvalue weighted by molar-refractivity contribution is 0.565. The largest absolute Gasteiger partial charge is 0.310 e. The van der Waals surface area contributed by atoms with Crippen LogP contribution in [-0.4, -0.2) is 11.5 Å². The molecule has 0 radical (unpaired) electrons. The van der Waals surface area contributed by atoms with E-state index >= 15 is 0 Å². The minimum absolute atomic E-state index is 0.0930. The molecule has 96 valence electrons. The summed E-state index contributed by atoms with van der Waals surface area (Å²) in [5, 5.41) is 5.54. The van der Waals surface area contributed by atoms with Crippen LogP contribution in [0.3, 0.4) is 0 Å². The smallest absolute Gasteiger partial charge is 0.142 e. The topological polar surface area (TPSA) is 24.9 Å². The van der Waals surface area contributed by atoms with Crippen LogP contribution in [0.15, 0.2) is 29.1 Å². The third kappa shape index (κ3) is 3.51. The SMILES string of the molecule is CC(NCCc1cscn1)c1ccc(Cl)c(F)c1. The van der Waals surface area contributed by atoms with E-state index in [9.17, 15) is 4.39 Å². The van der Waals surface area contributed by atoms with Crippen molar-refractivity contribution in [1.29, 1.82) is 0 Å². The first-order chi connectivity index (χ1) is 8.66. The Balaban J connectivity index is 1.87. The lowest BCUT2D eigenvalue weighted by atomic mass is 10.1. The Bertz CT molecular complexity index is 502. The fraction of sp³-hybridized carbons (Fsp3) is 0.308. The zero-order valence-corrected chi connectivity index (χ0v) is 11.6. The standard InChI is InChI=1S/C13H14ClFN2S/c1-9(10-2-3-12(14)13(15)6-10)16-5-4-11-7-18-8-17-11/h2-3,6-9,16H,4-5H2,1H3. The van der Waals surface area contributed by atoms with E-state index in [4.69, 9.17) is 11.6 Å². The van der Waals surface area contributed by atoms with Crippen molar-refractivity contribution in [3.63, 3.8) is 0 Å². The van der Waals surface area contributed by atoms with Crippen LogP contribution in [0.4, 0.5) is 4.39 Å². The number of hydrogen-bond donors (Lipinski definition) is 1. The van der Waals surface area contributed by atoms with E-state index in [1.165, 1.54) is 6.07 Å². The van der Waals surface area contributed by atoms with Crippen LogP contribution >= 0.6 is 22.9 Å². The summed E-state index contributed by atoms with van der Waals surface area (Å²) >= 11 is 7.25. The van der Waals surface area contributed by atoms with Gasteiger partial charge >= 0.3 is 0 Å². The van der Waals surface area contributed by atoms with Crippen LogP contribution in [0, 0.1) is 5.82 Å². The molecule has 1 unspecified atom stereocenters. The Morgan fingerprint density at radius 3 is 3.00 bits per heavy atom. The van der Waals surface area contributed by atoms with Crippen LogP contribution < -0.4 is 5.32 Å². The van der Waals surface area contributed by atoms with Gasteiger partial charge in [-0.25, -0.2) is 9.37 Å². The molecule has 1 heterocycles. The van der Waals surface area contributed by atoms with Crippen molar-refractivity contribution in [2.75, 3.05) is 6.54 Å². The van der Waals surface area contributed by atoms with E-state index in [0.29, 0.717) is 0 Å². The minimum atomic E-state index is -0.373. The van der Waals surface area contributed by atoms with Crippen LogP contribution in [-0.2, 0) is 6.42 Å². The molecule has 0 spiro atoms. The summed E-state index contributed by atoms with van der Waals surface area (Å²) in [5.74, 6) is -0.373. The molecule has 1 aromatic carbocycles. The first-order valence-electron chi connectivity index (χ1n) is 5.72. The van der Waals surface area contributed by atoms with Crippen molar-refractivity contribution in [3.8, 4) is 0 Å². The summed E-state index contributed by atoms with van der Waals surface area (Å²) in [5.41, 5.74) is 3.81. The van der Waals surface area contributed by atoms with Gasteiger partial charge < -0.3 is 5.32 Å². The Labute approximate surface area is 115 Å². The molecule has 1 atom stereocenters. The highest BCUT2D eigenvalue weighted by Gasteiger charge is 2.08. The molecular formula is C13H14ClFN2S. The Morgan fingerprint density at radius 1 is 1.50 bits per heavy atom. The van der Waals surface area contributed by atoms with Crippen LogP contribution in [0.2, 0.25) is 5.02 Å². The van der Waals surface area contributed by atoms with Crippen molar-refractivity contribution in [1.82, 2.24) is 10.3 Å². The molecule has 0 saturated carbocycles. The Morgan fingerprint density at radius 2 is 2.33 bits per heavy atom. The number of rotatable bonds is 5. The Kier molecular flexibility index (Phi) is 4.69. The van der Waals surface area contributed by atoms with Gasteiger partial charge in [-0.1, -0.05) is 17.7 Å². The fourth-order valence-electron chi connectivity index (χ4n) is 1.68. The lowest BCUT2D eigenvalue weighted by Gasteiger charge is -2.14. The number of nitrogens with zero attached hydrogens (tertiary/aromatic N) is 1. The first-order valence-corrected chi connectivity index (χ1v) is 7.04. The number of nitrogens with one attached hydrogen (secondary N) is 1. The molecule has 1 aromatic heterocycles. The van der Waals surface area contributed by atoms with Gasteiger partial charge in [0.2, 0.25) is 0 Å². The van der Waals surface area contributed by atoms with E-state index in [0.717, 1.165) is 24.2 Å². The summed E-state index contributed by atoms with van der Waals surface area (Å²) in [4.78, 5) is 4.21. The minimum Gasteiger partial charge on any atom is -0.310 e. The third-order valence-electron chi connectivity index (χ3n) is 2.76. The highest BCUT2D eigenvalue weighted by atomic mass is 35.5. The maximum absolute atomic E-state index is 13.3. The monoisotopic (exact) mass is 284 g/mol. The van der Waals surface area contributed by atoms with Gasteiger partial charge in [0.1, 0.15) is 5.82 Å². The van der Waals surface area contributed by atoms with Gasteiger partial charge in [-0.2, -0.15) is 0 Å². The number of halogens is 2. The van der Waals surface area contributed by atoms with Crippen LogP contribution in [0.25, 0.3) is 0 Å². The highest BCUT2D eigenvalue weighted by Crippen LogP contribution is 2.19. The summed E-state index contributed by atoms with van der Waals surface area (Å²) in [6.07, 6.45) is 0.879. The summed E-state index contributed by atoms with van der Waals surface area (Å²) in [7, 11) is 0. The normalized spacial score (nSPS) is 12.6. The first kappa shape index (κ1) is 13.5. The molecule has 2 aromatic rings. The van der Waals surface area contributed by atoms with Gasteiger partial charge in [0, 0.05) is 24.4 Å². The van der Waals surface area contributed by atoms with E-state index < -0.39 is 0 Å². The van der Waals surface area contributed by atoms with E-state index in [-0.39, 0.29) is 16.9 Å². The van der Waals surface area contributed by atoms with Crippen molar-refractivity contribution in [3.05, 3.63) is 51.2 Å². The van der Waals surface area contributed by atoms with Crippen molar-refractivity contribution in [2.24, 2.45) is 0 Å². The average Bonchev–Trinajstić information content (AvgIpc) is 2.85. The van der Waals surface area contributed by atoms with Crippen molar-refractivity contribution < 1.29 is 4.39 Å².